The second-order valence-electron chi connectivity index (χ2n) is 9.48. The van der Waals surface area contributed by atoms with E-state index in [-0.39, 0.29) is 0 Å². The first-order chi connectivity index (χ1) is 14.3. The van der Waals surface area contributed by atoms with Gasteiger partial charge in [0, 0.05) is 26.0 Å². The SMILES string of the molecule is CCCCCCCCCCCCCCCC1N(C)C=CN1CCCCCCCC. The van der Waals surface area contributed by atoms with Crippen molar-refractivity contribution < 1.29 is 0 Å². The summed E-state index contributed by atoms with van der Waals surface area (Å²) in [7, 11) is 2.25. The van der Waals surface area contributed by atoms with Crippen LogP contribution in [0.3, 0.4) is 0 Å². The van der Waals surface area contributed by atoms with Crippen molar-refractivity contribution in [3.8, 4) is 0 Å². The largest absolute Gasteiger partial charge is 0.359 e. The van der Waals surface area contributed by atoms with Gasteiger partial charge >= 0.3 is 0 Å². The topological polar surface area (TPSA) is 6.48 Å². The summed E-state index contributed by atoms with van der Waals surface area (Å²) in [4.78, 5) is 5.03. The van der Waals surface area contributed by atoms with Gasteiger partial charge in [0.15, 0.2) is 0 Å². The lowest BCUT2D eigenvalue weighted by Gasteiger charge is -2.30. The highest BCUT2D eigenvalue weighted by molar-refractivity contribution is 4.95. The molecule has 0 radical (unpaired) electrons. The molecule has 0 bridgehead atoms. The molecule has 1 atom stereocenters. The number of unbranched alkanes of at least 4 members (excludes halogenated alkanes) is 17. The van der Waals surface area contributed by atoms with Gasteiger partial charge in [0.2, 0.25) is 0 Å². The second kappa shape index (κ2) is 19.3. The quantitative estimate of drug-likeness (QED) is 0.176. The van der Waals surface area contributed by atoms with Crippen molar-refractivity contribution >= 4 is 0 Å². The zero-order valence-electron chi connectivity index (χ0n) is 20.5. The Bertz CT molecular complexity index is 366. The molecule has 0 spiro atoms. The first-order valence-corrected chi connectivity index (χ1v) is 13.5. The van der Waals surface area contributed by atoms with Gasteiger partial charge in [0.05, 0.1) is 0 Å². The third-order valence-electron chi connectivity index (χ3n) is 6.68. The molecule has 1 aliphatic rings. The molecule has 1 aliphatic heterocycles. The van der Waals surface area contributed by atoms with Gasteiger partial charge in [-0.25, -0.2) is 0 Å². The Hall–Kier alpha value is -0.660. The zero-order valence-corrected chi connectivity index (χ0v) is 20.5. The molecular formula is C27H54N2. The summed E-state index contributed by atoms with van der Waals surface area (Å²) in [6, 6.07) is 0. The molecular weight excluding hydrogens is 352 g/mol. The lowest BCUT2D eigenvalue weighted by atomic mass is 10.0. The minimum atomic E-state index is 0.623. The van der Waals surface area contributed by atoms with Crippen molar-refractivity contribution in [1.82, 2.24) is 9.80 Å². The molecule has 2 heteroatoms. The maximum Gasteiger partial charge on any atom is 0.100 e. The molecule has 0 fully saturated rings. The fraction of sp³-hybridized carbons (Fsp3) is 0.926. The third kappa shape index (κ3) is 14.1. The van der Waals surface area contributed by atoms with Gasteiger partial charge in [-0.05, 0) is 19.3 Å². The van der Waals surface area contributed by atoms with Crippen molar-refractivity contribution in [2.45, 2.75) is 148 Å². The van der Waals surface area contributed by atoms with Crippen molar-refractivity contribution in [2.24, 2.45) is 0 Å². The van der Waals surface area contributed by atoms with Gasteiger partial charge < -0.3 is 9.80 Å². The van der Waals surface area contributed by atoms with Crippen LogP contribution >= 0.6 is 0 Å². The summed E-state index contributed by atoms with van der Waals surface area (Å²) in [5.41, 5.74) is 0. The van der Waals surface area contributed by atoms with Crippen molar-refractivity contribution in [3.63, 3.8) is 0 Å². The average molecular weight is 407 g/mol. The fourth-order valence-electron chi connectivity index (χ4n) is 4.64. The number of hydrogen-bond donors (Lipinski definition) is 0. The minimum absolute atomic E-state index is 0.623. The molecule has 0 aromatic heterocycles. The van der Waals surface area contributed by atoms with Crippen LogP contribution in [0.1, 0.15) is 142 Å². The molecule has 0 saturated carbocycles. The van der Waals surface area contributed by atoms with Gasteiger partial charge in [0.1, 0.15) is 6.17 Å². The normalized spacial score (nSPS) is 16.3. The Balaban J connectivity index is 1.93. The van der Waals surface area contributed by atoms with Crippen LogP contribution in [0, 0.1) is 0 Å². The fourth-order valence-corrected chi connectivity index (χ4v) is 4.64. The van der Waals surface area contributed by atoms with Crippen molar-refractivity contribution in [3.05, 3.63) is 12.4 Å². The van der Waals surface area contributed by atoms with E-state index in [1.807, 2.05) is 0 Å². The molecule has 0 aromatic rings. The predicted octanol–water partition coefficient (Wildman–Crippen LogP) is 8.87. The van der Waals surface area contributed by atoms with E-state index in [9.17, 15) is 0 Å². The molecule has 2 nitrogen and oxygen atoms in total. The first kappa shape index (κ1) is 26.4. The lowest BCUT2D eigenvalue weighted by molar-refractivity contribution is 0.159. The Kier molecular flexibility index (Phi) is 17.6. The number of rotatable bonds is 21. The van der Waals surface area contributed by atoms with E-state index in [0.29, 0.717) is 6.17 Å². The highest BCUT2D eigenvalue weighted by atomic mass is 15.4. The summed E-state index contributed by atoms with van der Waals surface area (Å²) in [6.45, 7) is 5.84. The number of hydrogen-bond acceptors (Lipinski definition) is 2. The zero-order chi connectivity index (χ0) is 21.0. The monoisotopic (exact) mass is 406 g/mol. The van der Waals surface area contributed by atoms with Crippen LogP contribution in [-0.4, -0.2) is 29.6 Å². The average Bonchev–Trinajstić information content (AvgIpc) is 3.07. The van der Waals surface area contributed by atoms with Crippen LogP contribution in [0.25, 0.3) is 0 Å². The summed E-state index contributed by atoms with van der Waals surface area (Å²) < 4.78 is 0. The summed E-state index contributed by atoms with van der Waals surface area (Å²) in [6.07, 6.45) is 33.7. The molecule has 0 N–H and O–H groups in total. The number of nitrogens with zero attached hydrogens (tertiary/aromatic N) is 2. The Morgan fingerprint density at radius 1 is 0.517 bits per heavy atom. The highest BCUT2D eigenvalue weighted by Crippen LogP contribution is 2.21. The van der Waals surface area contributed by atoms with Crippen molar-refractivity contribution in [2.75, 3.05) is 13.6 Å². The minimum Gasteiger partial charge on any atom is -0.359 e. The van der Waals surface area contributed by atoms with Crippen LogP contribution in [0.15, 0.2) is 12.4 Å². The van der Waals surface area contributed by atoms with E-state index in [2.05, 4.69) is 43.1 Å². The van der Waals surface area contributed by atoms with E-state index < -0.39 is 0 Å². The molecule has 0 aliphatic carbocycles. The van der Waals surface area contributed by atoms with E-state index in [0.717, 1.165) is 0 Å². The third-order valence-corrected chi connectivity index (χ3v) is 6.68. The molecule has 1 heterocycles. The molecule has 0 saturated heterocycles. The second-order valence-corrected chi connectivity index (χ2v) is 9.48. The first-order valence-electron chi connectivity index (χ1n) is 13.5. The standard InChI is InChI=1S/C27H54N2/c1-4-6-8-10-12-13-14-15-16-17-18-19-21-23-27-28(3)25-26-29(27)24-22-20-11-9-7-5-2/h25-27H,4-24H2,1-3H3. The smallest absolute Gasteiger partial charge is 0.100 e. The summed E-state index contributed by atoms with van der Waals surface area (Å²) in [5.74, 6) is 0. The lowest BCUT2D eigenvalue weighted by Crippen LogP contribution is -2.37. The Morgan fingerprint density at radius 2 is 0.931 bits per heavy atom. The summed E-state index contributed by atoms with van der Waals surface area (Å²) >= 11 is 0. The van der Waals surface area contributed by atoms with Gasteiger partial charge in [-0.3, -0.25) is 0 Å². The van der Waals surface area contributed by atoms with Crippen LogP contribution in [-0.2, 0) is 0 Å². The van der Waals surface area contributed by atoms with Gasteiger partial charge in [0.25, 0.3) is 0 Å². The Morgan fingerprint density at radius 3 is 1.41 bits per heavy atom. The highest BCUT2D eigenvalue weighted by Gasteiger charge is 2.22. The van der Waals surface area contributed by atoms with E-state index in [4.69, 9.17) is 0 Å². The Labute approximate surface area is 184 Å². The van der Waals surface area contributed by atoms with E-state index in [1.54, 1.807) is 0 Å². The van der Waals surface area contributed by atoms with Crippen LogP contribution in [0.5, 0.6) is 0 Å². The molecule has 0 amide bonds. The van der Waals surface area contributed by atoms with Crippen LogP contribution < -0.4 is 0 Å². The van der Waals surface area contributed by atoms with Gasteiger partial charge in [-0.1, -0.05) is 123 Å². The molecule has 29 heavy (non-hydrogen) atoms. The van der Waals surface area contributed by atoms with Crippen LogP contribution in [0.2, 0.25) is 0 Å². The summed E-state index contributed by atoms with van der Waals surface area (Å²) in [5, 5.41) is 0. The van der Waals surface area contributed by atoms with Crippen molar-refractivity contribution in [1.29, 1.82) is 0 Å². The van der Waals surface area contributed by atoms with E-state index >= 15 is 0 Å². The maximum absolute atomic E-state index is 2.60. The van der Waals surface area contributed by atoms with Gasteiger partial charge in [-0.2, -0.15) is 0 Å². The van der Waals surface area contributed by atoms with Crippen LogP contribution in [0.4, 0.5) is 0 Å². The van der Waals surface area contributed by atoms with Gasteiger partial charge in [-0.15, -0.1) is 0 Å². The predicted molar refractivity (Wildman–Crippen MR) is 131 cm³/mol. The molecule has 1 unspecified atom stereocenters. The molecule has 172 valence electrons. The molecule has 0 aromatic carbocycles. The maximum atomic E-state index is 2.60. The van der Waals surface area contributed by atoms with E-state index in [1.165, 1.54) is 135 Å². The molecule has 1 rings (SSSR count).